The molecular weight excluding hydrogens is 412 g/mol. The number of benzene rings is 3. The van der Waals surface area contributed by atoms with Crippen LogP contribution in [0.4, 0.5) is 0 Å². The number of rotatable bonds is 7. The molecule has 0 bridgehead atoms. The Morgan fingerprint density at radius 3 is 2.27 bits per heavy atom. The number of amides is 2. The van der Waals surface area contributed by atoms with Crippen molar-refractivity contribution in [3.8, 4) is 0 Å². The minimum Gasteiger partial charge on any atom is -0.348 e. The highest BCUT2D eigenvalue weighted by Gasteiger charge is 2.21. The van der Waals surface area contributed by atoms with Crippen molar-refractivity contribution in [3.05, 3.63) is 101 Å². The van der Waals surface area contributed by atoms with Gasteiger partial charge in [0.2, 0.25) is 5.91 Å². The number of aromatic nitrogens is 2. The number of fused-ring (bicyclic) bond motifs is 1. The molecule has 0 aliphatic rings. The smallest absolute Gasteiger partial charge is 0.252 e. The maximum absolute atomic E-state index is 13.0. The van der Waals surface area contributed by atoms with Crippen LogP contribution in [-0.2, 0) is 11.3 Å². The van der Waals surface area contributed by atoms with Gasteiger partial charge in [-0.25, -0.2) is 4.98 Å². The lowest BCUT2D eigenvalue weighted by atomic mass is 10.1. The van der Waals surface area contributed by atoms with E-state index >= 15 is 0 Å². The number of hydrogen-bond donors (Lipinski definition) is 2. The fourth-order valence-corrected chi connectivity index (χ4v) is 4.01. The lowest BCUT2D eigenvalue weighted by molar-refractivity contribution is -0.122. The Morgan fingerprint density at radius 2 is 1.52 bits per heavy atom. The molecule has 0 saturated carbocycles. The van der Waals surface area contributed by atoms with Crippen LogP contribution in [0.5, 0.6) is 0 Å². The van der Waals surface area contributed by atoms with Gasteiger partial charge in [0.1, 0.15) is 12.4 Å². The summed E-state index contributed by atoms with van der Waals surface area (Å²) in [5.74, 6) is 0.357. The monoisotopic (exact) mass is 440 g/mol. The molecule has 4 aromatic rings. The zero-order chi connectivity index (χ0) is 23.4. The Morgan fingerprint density at radius 1 is 0.848 bits per heavy atom. The van der Waals surface area contributed by atoms with Gasteiger partial charge in [0.15, 0.2) is 0 Å². The van der Waals surface area contributed by atoms with E-state index in [4.69, 9.17) is 4.98 Å². The summed E-state index contributed by atoms with van der Waals surface area (Å²) < 4.78 is 1.88. The van der Waals surface area contributed by atoms with E-state index in [1.807, 2.05) is 98.1 Å². The van der Waals surface area contributed by atoms with E-state index in [0.717, 1.165) is 22.2 Å². The second-order valence-corrected chi connectivity index (χ2v) is 8.25. The molecule has 1 heterocycles. The van der Waals surface area contributed by atoms with Crippen molar-refractivity contribution in [3.63, 3.8) is 0 Å². The summed E-state index contributed by atoms with van der Waals surface area (Å²) in [4.78, 5) is 30.6. The van der Waals surface area contributed by atoms with Crippen LogP contribution in [0.3, 0.4) is 0 Å². The lowest BCUT2D eigenvalue weighted by Crippen LogP contribution is -2.33. The summed E-state index contributed by atoms with van der Waals surface area (Å²) in [5.41, 5.74) is 4.22. The van der Waals surface area contributed by atoms with Crippen molar-refractivity contribution >= 4 is 22.8 Å². The fourth-order valence-electron chi connectivity index (χ4n) is 4.01. The van der Waals surface area contributed by atoms with Crippen LogP contribution < -0.4 is 10.6 Å². The van der Waals surface area contributed by atoms with Gasteiger partial charge in [-0.3, -0.25) is 9.59 Å². The molecule has 1 aromatic heterocycles. The van der Waals surface area contributed by atoms with Gasteiger partial charge in [0.25, 0.3) is 5.91 Å². The third-order valence-corrected chi connectivity index (χ3v) is 5.79. The number of nitrogens with zero attached hydrogens (tertiary/aromatic N) is 2. The van der Waals surface area contributed by atoms with Crippen LogP contribution in [0.1, 0.15) is 53.2 Å². The first kappa shape index (κ1) is 22.3. The zero-order valence-electron chi connectivity index (χ0n) is 19.1. The topological polar surface area (TPSA) is 76.0 Å². The van der Waals surface area contributed by atoms with E-state index in [1.165, 1.54) is 0 Å². The molecule has 0 radical (unpaired) electrons. The normalized spacial score (nSPS) is 12.8. The molecule has 0 spiro atoms. The van der Waals surface area contributed by atoms with Gasteiger partial charge in [-0.1, -0.05) is 60.7 Å². The quantitative estimate of drug-likeness (QED) is 0.437. The second kappa shape index (κ2) is 9.69. The second-order valence-electron chi connectivity index (χ2n) is 8.25. The van der Waals surface area contributed by atoms with E-state index < -0.39 is 0 Å². The molecule has 0 saturated heterocycles. The third-order valence-electron chi connectivity index (χ3n) is 5.79. The van der Waals surface area contributed by atoms with E-state index in [-0.39, 0.29) is 30.4 Å². The molecule has 33 heavy (non-hydrogen) atoms. The van der Waals surface area contributed by atoms with Crippen LogP contribution in [0.25, 0.3) is 11.0 Å². The van der Waals surface area contributed by atoms with Gasteiger partial charge >= 0.3 is 0 Å². The Bertz CT molecular complexity index is 1280. The molecule has 3 aromatic carbocycles. The maximum Gasteiger partial charge on any atom is 0.252 e. The molecule has 6 heteroatoms. The summed E-state index contributed by atoms with van der Waals surface area (Å²) >= 11 is 0. The maximum atomic E-state index is 13.0. The molecule has 2 amide bonds. The average Bonchev–Trinajstić information content (AvgIpc) is 3.18. The number of carbonyl (C=O) groups excluding carboxylic acids is 2. The molecule has 2 atom stereocenters. The summed E-state index contributed by atoms with van der Waals surface area (Å²) in [6.45, 7) is 5.87. The van der Waals surface area contributed by atoms with Crippen LogP contribution >= 0.6 is 0 Å². The highest BCUT2D eigenvalue weighted by atomic mass is 16.2. The van der Waals surface area contributed by atoms with Gasteiger partial charge in [-0.15, -0.1) is 0 Å². The van der Waals surface area contributed by atoms with Crippen molar-refractivity contribution in [2.24, 2.45) is 0 Å². The fraction of sp³-hybridized carbons (Fsp3) is 0.222. The van der Waals surface area contributed by atoms with Crippen LogP contribution in [-0.4, -0.2) is 21.4 Å². The zero-order valence-corrected chi connectivity index (χ0v) is 19.1. The molecule has 2 N–H and O–H groups in total. The summed E-state index contributed by atoms with van der Waals surface area (Å²) in [6, 6.07) is 24.5. The van der Waals surface area contributed by atoms with Crippen LogP contribution in [0.2, 0.25) is 0 Å². The van der Waals surface area contributed by atoms with Crippen molar-refractivity contribution < 1.29 is 9.59 Å². The number of carbonyl (C=O) groups is 2. The van der Waals surface area contributed by atoms with Crippen LogP contribution in [0.15, 0.2) is 78.9 Å². The molecule has 0 aliphatic heterocycles. The van der Waals surface area contributed by atoms with Gasteiger partial charge in [0, 0.05) is 5.56 Å². The first-order chi connectivity index (χ1) is 15.9. The van der Waals surface area contributed by atoms with E-state index in [2.05, 4.69) is 10.6 Å². The molecule has 0 aliphatic carbocycles. The van der Waals surface area contributed by atoms with E-state index in [1.54, 1.807) is 6.07 Å². The summed E-state index contributed by atoms with van der Waals surface area (Å²) in [6.07, 6.45) is 0. The lowest BCUT2D eigenvalue weighted by Gasteiger charge is -2.18. The largest absolute Gasteiger partial charge is 0.348 e. The van der Waals surface area contributed by atoms with E-state index in [0.29, 0.717) is 11.4 Å². The highest BCUT2D eigenvalue weighted by Crippen LogP contribution is 2.22. The summed E-state index contributed by atoms with van der Waals surface area (Å²) in [5, 5.41) is 6.11. The molecule has 168 valence electrons. The number of hydrogen-bond acceptors (Lipinski definition) is 3. The number of imidazole rings is 1. The predicted molar refractivity (Wildman–Crippen MR) is 130 cm³/mol. The first-order valence-corrected chi connectivity index (χ1v) is 11.1. The van der Waals surface area contributed by atoms with Crippen molar-refractivity contribution in [2.75, 3.05) is 0 Å². The molecule has 0 fully saturated rings. The van der Waals surface area contributed by atoms with Gasteiger partial charge < -0.3 is 15.2 Å². The highest BCUT2D eigenvalue weighted by molar-refractivity contribution is 5.95. The standard InChI is InChI=1S/C27H28N4O2/c1-18-11-7-8-14-22(18)27(33)29-20(3)26-30-23-15-9-10-16-24(23)31(26)17-25(32)28-19(2)21-12-5-4-6-13-21/h4-16,19-20H,17H2,1-3H3,(H,28,32)(H,29,33). The minimum atomic E-state index is -0.385. The van der Waals surface area contributed by atoms with Gasteiger partial charge in [0.05, 0.1) is 23.1 Å². The predicted octanol–water partition coefficient (Wildman–Crippen LogP) is 4.71. The van der Waals surface area contributed by atoms with Crippen molar-refractivity contribution in [1.82, 2.24) is 20.2 Å². The number of nitrogens with one attached hydrogen (secondary N) is 2. The number of para-hydroxylation sites is 2. The van der Waals surface area contributed by atoms with Gasteiger partial charge in [-0.2, -0.15) is 0 Å². The SMILES string of the molecule is Cc1ccccc1C(=O)NC(C)c1nc2ccccc2n1CC(=O)NC(C)c1ccccc1. The molecule has 6 nitrogen and oxygen atoms in total. The Labute approximate surface area is 193 Å². The van der Waals surface area contributed by atoms with Crippen molar-refractivity contribution in [2.45, 2.75) is 39.4 Å². The first-order valence-electron chi connectivity index (χ1n) is 11.1. The Kier molecular flexibility index (Phi) is 6.54. The summed E-state index contributed by atoms with van der Waals surface area (Å²) in [7, 11) is 0. The van der Waals surface area contributed by atoms with Gasteiger partial charge in [-0.05, 0) is 50.1 Å². The van der Waals surface area contributed by atoms with E-state index in [9.17, 15) is 9.59 Å². The molecule has 2 unspecified atom stereocenters. The molecule has 4 rings (SSSR count). The van der Waals surface area contributed by atoms with Crippen molar-refractivity contribution in [1.29, 1.82) is 0 Å². The average molecular weight is 441 g/mol. The number of aryl methyl sites for hydroxylation is 1. The Balaban J connectivity index is 1.57. The molecular formula is C27H28N4O2. The third kappa shape index (κ3) is 4.95. The Hall–Kier alpha value is -3.93. The minimum absolute atomic E-state index is 0.109. The van der Waals surface area contributed by atoms with Crippen LogP contribution in [0, 0.1) is 6.92 Å².